The first kappa shape index (κ1) is 14.3. The lowest BCUT2D eigenvalue weighted by molar-refractivity contribution is -0.123. The van der Waals surface area contributed by atoms with Crippen molar-refractivity contribution < 1.29 is 18.7 Å². The van der Waals surface area contributed by atoms with Crippen LogP contribution in [0.2, 0.25) is 0 Å². The van der Waals surface area contributed by atoms with E-state index in [0.29, 0.717) is 11.0 Å². The molecule has 0 saturated heterocycles. The number of rotatable bonds is 4. The van der Waals surface area contributed by atoms with Gasteiger partial charge in [-0.05, 0) is 12.1 Å². The largest absolute Gasteiger partial charge is 0.452 e. The topological polar surface area (TPSA) is 85.6 Å². The van der Waals surface area contributed by atoms with Crippen LogP contribution in [0.15, 0.2) is 39.5 Å². The second kappa shape index (κ2) is 6.39. The van der Waals surface area contributed by atoms with E-state index in [-0.39, 0.29) is 12.1 Å². The van der Waals surface area contributed by atoms with Crippen LogP contribution in [0.4, 0.5) is 0 Å². The van der Waals surface area contributed by atoms with Crippen LogP contribution in [0, 0.1) is 12.3 Å². The van der Waals surface area contributed by atoms with E-state index in [9.17, 15) is 14.4 Å². The van der Waals surface area contributed by atoms with E-state index in [0.717, 1.165) is 0 Å². The molecular formula is C15H11NO5. The van der Waals surface area contributed by atoms with Crippen molar-refractivity contribution in [1.29, 1.82) is 0 Å². The zero-order valence-corrected chi connectivity index (χ0v) is 10.9. The number of carbonyl (C=O) groups is 2. The Morgan fingerprint density at radius 1 is 1.33 bits per heavy atom. The molecule has 0 unspecified atom stereocenters. The van der Waals surface area contributed by atoms with Crippen LogP contribution in [-0.4, -0.2) is 25.0 Å². The van der Waals surface area contributed by atoms with Gasteiger partial charge in [-0.15, -0.1) is 6.42 Å². The van der Waals surface area contributed by atoms with Crippen molar-refractivity contribution in [3.05, 3.63) is 46.3 Å². The number of nitrogens with one attached hydrogen (secondary N) is 1. The van der Waals surface area contributed by atoms with Crippen LogP contribution in [0.5, 0.6) is 0 Å². The van der Waals surface area contributed by atoms with Crippen LogP contribution in [0.3, 0.4) is 0 Å². The number of hydrogen-bond donors (Lipinski definition) is 1. The Kier molecular flexibility index (Phi) is 4.36. The van der Waals surface area contributed by atoms with E-state index in [1.807, 2.05) is 0 Å². The third-order valence-corrected chi connectivity index (χ3v) is 2.58. The van der Waals surface area contributed by atoms with Crippen molar-refractivity contribution in [1.82, 2.24) is 5.32 Å². The molecule has 2 aromatic rings. The fraction of sp³-hybridized carbons (Fsp3) is 0.133. The molecule has 0 aliphatic rings. The minimum absolute atomic E-state index is 0.0362. The normalized spacial score (nSPS) is 9.86. The highest BCUT2D eigenvalue weighted by Gasteiger charge is 2.16. The summed E-state index contributed by atoms with van der Waals surface area (Å²) in [6.45, 7) is -0.485. The smallest absolute Gasteiger partial charge is 0.351 e. The molecule has 0 radical (unpaired) electrons. The monoisotopic (exact) mass is 285 g/mol. The summed E-state index contributed by atoms with van der Waals surface area (Å²) in [5.41, 5.74) is -0.716. The van der Waals surface area contributed by atoms with E-state index in [1.165, 1.54) is 6.07 Å². The second-order valence-electron chi connectivity index (χ2n) is 4.04. The van der Waals surface area contributed by atoms with E-state index in [4.69, 9.17) is 15.6 Å². The van der Waals surface area contributed by atoms with E-state index >= 15 is 0 Å². The number of benzene rings is 1. The maximum absolute atomic E-state index is 11.8. The molecule has 0 saturated carbocycles. The first-order valence-electron chi connectivity index (χ1n) is 6.02. The molecular weight excluding hydrogens is 274 g/mol. The molecule has 2 rings (SSSR count). The lowest BCUT2D eigenvalue weighted by Crippen LogP contribution is -2.29. The summed E-state index contributed by atoms with van der Waals surface area (Å²) in [7, 11) is 0. The Balaban J connectivity index is 2.13. The van der Waals surface area contributed by atoms with Gasteiger partial charge in [-0.25, -0.2) is 9.59 Å². The summed E-state index contributed by atoms with van der Waals surface area (Å²) in [5, 5.41) is 2.91. The molecule has 106 valence electrons. The van der Waals surface area contributed by atoms with Gasteiger partial charge in [0.15, 0.2) is 6.61 Å². The summed E-state index contributed by atoms with van der Waals surface area (Å²) in [5.74, 6) is 0.735. The van der Waals surface area contributed by atoms with Crippen LogP contribution in [0.25, 0.3) is 11.0 Å². The lowest BCUT2D eigenvalue weighted by atomic mass is 10.2. The van der Waals surface area contributed by atoms with Gasteiger partial charge >= 0.3 is 11.6 Å². The summed E-state index contributed by atoms with van der Waals surface area (Å²) in [6, 6.07) is 8.11. The number of amides is 1. The zero-order chi connectivity index (χ0) is 15.2. The van der Waals surface area contributed by atoms with Crippen molar-refractivity contribution in [3.8, 4) is 12.3 Å². The molecule has 1 aromatic carbocycles. The van der Waals surface area contributed by atoms with Gasteiger partial charge in [0, 0.05) is 5.39 Å². The number of hydrogen-bond acceptors (Lipinski definition) is 5. The average Bonchev–Trinajstić information content (AvgIpc) is 2.49. The fourth-order valence-electron chi connectivity index (χ4n) is 1.61. The molecule has 1 aromatic heterocycles. The summed E-state index contributed by atoms with van der Waals surface area (Å²) in [6.07, 6.45) is 4.97. The molecule has 6 nitrogen and oxygen atoms in total. The van der Waals surface area contributed by atoms with Crippen molar-refractivity contribution in [3.63, 3.8) is 0 Å². The van der Waals surface area contributed by atoms with Gasteiger partial charge < -0.3 is 14.5 Å². The first-order chi connectivity index (χ1) is 10.1. The number of esters is 1. The quantitative estimate of drug-likeness (QED) is 0.507. The van der Waals surface area contributed by atoms with Crippen molar-refractivity contribution in [2.75, 3.05) is 13.2 Å². The van der Waals surface area contributed by atoms with Crippen LogP contribution < -0.4 is 10.9 Å². The highest BCUT2D eigenvalue weighted by atomic mass is 16.5. The predicted molar refractivity (Wildman–Crippen MR) is 74.6 cm³/mol. The van der Waals surface area contributed by atoms with Gasteiger partial charge in [-0.3, -0.25) is 4.79 Å². The number of ether oxygens (including phenoxy) is 1. The van der Waals surface area contributed by atoms with E-state index < -0.39 is 24.1 Å². The van der Waals surface area contributed by atoms with Gasteiger partial charge in [0.05, 0.1) is 6.54 Å². The number of carbonyl (C=O) groups excluding carboxylic acids is 2. The van der Waals surface area contributed by atoms with Crippen LogP contribution in [-0.2, 0) is 9.53 Å². The van der Waals surface area contributed by atoms with Gasteiger partial charge in [0.1, 0.15) is 11.1 Å². The lowest BCUT2D eigenvalue weighted by Gasteiger charge is -2.04. The molecule has 6 heteroatoms. The maximum Gasteiger partial charge on any atom is 0.351 e. The molecule has 0 aliphatic carbocycles. The third kappa shape index (κ3) is 3.48. The van der Waals surface area contributed by atoms with Crippen molar-refractivity contribution >= 4 is 22.8 Å². The van der Waals surface area contributed by atoms with E-state index in [1.54, 1.807) is 24.3 Å². The summed E-state index contributed by atoms with van der Waals surface area (Å²) < 4.78 is 9.74. The Labute approximate surface area is 119 Å². The van der Waals surface area contributed by atoms with Gasteiger partial charge in [0.25, 0.3) is 5.91 Å². The zero-order valence-electron chi connectivity index (χ0n) is 10.9. The fourth-order valence-corrected chi connectivity index (χ4v) is 1.61. The maximum atomic E-state index is 11.8. The third-order valence-electron chi connectivity index (χ3n) is 2.58. The molecule has 21 heavy (non-hydrogen) atoms. The first-order valence-corrected chi connectivity index (χ1v) is 6.02. The number of fused-ring (bicyclic) bond motifs is 1. The Morgan fingerprint density at radius 2 is 2.10 bits per heavy atom. The Bertz CT molecular complexity index is 784. The van der Waals surface area contributed by atoms with Gasteiger partial charge in [-0.1, -0.05) is 24.1 Å². The van der Waals surface area contributed by atoms with Crippen molar-refractivity contribution in [2.45, 2.75) is 0 Å². The molecule has 0 fully saturated rings. The Hall–Kier alpha value is -3.07. The number of para-hydroxylation sites is 1. The second-order valence-corrected chi connectivity index (χ2v) is 4.04. The summed E-state index contributed by atoms with van der Waals surface area (Å²) >= 11 is 0. The predicted octanol–water partition coefficient (Wildman–Crippen LogP) is 0.699. The molecule has 1 N–H and O–H groups in total. The van der Waals surface area contributed by atoms with Crippen molar-refractivity contribution in [2.24, 2.45) is 0 Å². The highest BCUT2D eigenvalue weighted by molar-refractivity contribution is 5.94. The number of terminal acetylenes is 1. The molecule has 0 bridgehead atoms. The van der Waals surface area contributed by atoms with E-state index in [2.05, 4.69) is 11.2 Å². The van der Waals surface area contributed by atoms with Gasteiger partial charge in [-0.2, -0.15) is 0 Å². The minimum Gasteiger partial charge on any atom is -0.452 e. The van der Waals surface area contributed by atoms with Gasteiger partial charge in [0.2, 0.25) is 0 Å². The minimum atomic E-state index is -0.926. The SMILES string of the molecule is C#CCNC(=O)COC(=O)c1cc2ccccc2oc1=O. The molecule has 0 aliphatic heterocycles. The average molecular weight is 285 g/mol. The highest BCUT2D eigenvalue weighted by Crippen LogP contribution is 2.12. The van der Waals surface area contributed by atoms with Crippen LogP contribution in [0.1, 0.15) is 10.4 Å². The Morgan fingerprint density at radius 3 is 2.86 bits per heavy atom. The molecule has 1 heterocycles. The molecule has 1 amide bonds. The van der Waals surface area contributed by atoms with Crippen LogP contribution >= 0.6 is 0 Å². The molecule has 0 atom stereocenters. The standard InChI is InChI=1S/C15H11NO5/c1-2-7-16-13(17)9-20-14(18)11-8-10-5-3-4-6-12(10)21-15(11)19/h1,3-6,8H,7,9H2,(H,16,17). The molecule has 0 spiro atoms. The summed E-state index contributed by atoms with van der Waals surface area (Å²) in [4.78, 5) is 34.7.